The van der Waals surface area contributed by atoms with E-state index in [-0.39, 0.29) is 12.5 Å². The van der Waals surface area contributed by atoms with Crippen molar-refractivity contribution >= 4 is 24.1 Å². The minimum atomic E-state index is -0.216. The van der Waals surface area contributed by atoms with Crippen molar-refractivity contribution in [3.05, 3.63) is 59.7 Å². The molecule has 0 aliphatic carbocycles. The lowest BCUT2D eigenvalue weighted by Gasteiger charge is -2.31. The molecule has 0 radical (unpaired) electrons. The van der Waals surface area contributed by atoms with Gasteiger partial charge in [0, 0.05) is 23.5 Å². The number of unbranched alkanes of at least 4 members (excludes halogenated alkanes) is 17. The maximum Gasteiger partial charge on any atom is 0.251 e. The summed E-state index contributed by atoms with van der Waals surface area (Å²) in [5.41, 5.74) is 1.99. The summed E-state index contributed by atoms with van der Waals surface area (Å²) in [5, 5.41) is 2.58. The van der Waals surface area contributed by atoms with Gasteiger partial charge in [-0.25, -0.2) is 4.31 Å². The van der Waals surface area contributed by atoms with Crippen LogP contribution in [0, 0.1) is 0 Å². The number of rotatable bonds is 26. The van der Waals surface area contributed by atoms with Crippen molar-refractivity contribution in [2.75, 3.05) is 26.2 Å². The van der Waals surface area contributed by atoms with Gasteiger partial charge in [0.25, 0.3) is 5.91 Å². The van der Waals surface area contributed by atoms with E-state index in [2.05, 4.69) is 40.8 Å². The van der Waals surface area contributed by atoms with Crippen molar-refractivity contribution in [3.8, 4) is 5.75 Å². The second kappa shape index (κ2) is 24.8. The standard InChI is InChI=1S/C40H62N2O3S/c1-2-3-4-5-6-7-8-9-10-11-12-13-14-15-16-17-18-19-34-45-38-24-20-35(21-25-38)36-28-31-42(32-29-36)46-39-26-22-37(23-27-39)40(44)41-30-33-43/h20-27,33,36H,2-19,28-32,34H2,1H3,(H,41,44). The number of carbonyl (C=O) groups excluding carboxylic acids is 2. The first-order valence-electron chi connectivity index (χ1n) is 18.7. The lowest BCUT2D eigenvalue weighted by atomic mass is 9.90. The molecule has 0 saturated carbocycles. The summed E-state index contributed by atoms with van der Waals surface area (Å²) >= 11 is 1.75. The summed E-state index contributed by atoms with van der Waals surface area (Å²) in [5.74, 6) is 1.36. The first kappa shape index (κ1) is 38.1. The summed E-state index contributed by atoms with van der Waals surface area (Å²) in [6.45, 7) is 5.22. The molecule has 0 atom stereocenters. The number of nitrogens with zero attached hydrogens (tertiary/aromatic N) is 1. The van der Waals surface area contributed by atoms with E-state index >= 15 is 0 Å². The molecule has 256 valence electrons. The van der Waals surface area contributed by atoms with Crippen LogP contribution in [0.1, 0.15) is 157 Å². The molecule has 5 nitrogen and oxygen atoms in total. The van der Waals surface area contributed by atoms with Crippen LogP contribution in [0.15, 0.2) is 53.4 Å². The van der Waals surface area contributed by atoms with Gasteiger partial charge >= 0.3 is 0 Å². The van der Waals surface area contributed by atoms with Crippen LogP contribution in [0.25, 0.3) is 0 Å². The van der Waals surface area contributed by atoms with Crippen LogP contribution in [0.2, 0.25) is 0 Å². The van der Waals surface area contributed by atoms with Crippen LogP contribution in [-0.2, 0) is 4.79 Å². The zero-order valence-corrected chi connectivity index (χ0v) is 29.6. The first-order chi connectivity index (χ1) is 22.7. The van der Waals surface area contributed by atoms with E-state index in [1.54, 1.807) is 11.9 Å². The fourth-order valence-corrected chi connectivity index (χ4v) is 7.31. The maximum atomic E-state index is 12.0. The molecule has 1 fully saturated rings. The smallest absolute Gasteiger partial charge is 0.251 e. The molecular formula is C40H62N2O3S. The van der Waals surface area contributed by atoms with Gasteiger partial charge in [0.05, 0.1) is 13.2 Å². The number of hydrogen-bond acceptors (Lipinski definition) is 5. The quantitative estimate of drug-likeness (QED) is 0.0624. The Bertz CT molecular complexity index is 1050. The molecule has 2 aromatic rings. The molecule has 6 heteroatoms. The minimum Gasteiger partial charge on any atom is -0.494 e. The fraction of sp³-hybridized carbons (Fsp3) is 0.650. The van der Waals surface area contributed by atoms with Crippen molar-refractivity contribution in [1.29, 1.82) is 0 Å². The second-order valence-corrected chi connectivity index (χ2v) is 14.3. The van der Waals surface area contributed by atoms with E-state index < -0.39 is 0 Å². The van der Waals surface area contributed by atoms with Crippen LogP contribution in [0.5, 0.6) is 5.75 Å². The van der Waals surface area contributed by atoms with Crippen LogP contribution >= 0.6 is 11.9 Å². The molecular weight excluding hydrogens is 589 g/mol. The molecule has 1 aliphatic rings. The van der Waals surface area contributed by atoms with E-state index in [9.17, 15) is 9.59 Å². The zero-order valence-electron chi connectivity index (χ0n) is 28.8. The Balaban J connectivity index is 1.14. The molecule has 2 aromatic carbocycles. The van der Waals surface area contributed by atoms with Crippen molar-refractivity contribution in [3.63, 3.8) is 0 Å². The average molecular weight is 651 g/mol. The molecule has 1 aliphatic heterocycles. The van der Waals surface area contributed by atoms with E-state index in [0.29, 0.717) is 17.8 Å². The topological polar surface area (TPSA) is 58.6 Å². The normalized spacial score (nSPS) is 13.9. The molecule has 46 heavy (non-hydrogen) atoms. The predicted molar refractivity (Wildman–Crippen MR) is 195 cm³/mol. The summed E-state index contributed by atoms with van der Waals surface area (Å²) < 4.78 is 8.46. The minimum absolute atomic E-state index is 0.0413. The highest BCUT2D eigenvalue weighted by molar-refractivity contribution is 7.97. The van der Waals surface area contributed by atoms with Gasteiger partial charge < -0.3 is 14.8 Å². The van der Waals surface area contributed by atoms with Gasteiger partial charge in [0.15, 0.2) is 0 Å². The van der Waals surface area contributed by atoms with Gasteiger partial charge in [0.2, 0.25) is 0 Å². The molecule has 0 spiro atoms. The molecule has 1 N–H and O–H groups in total. The number of benzene rings is 2. The highest BCUT2D eigenvalue weighted by atomic mass is 32.2. The van der Waals surface area contributed by atoms with Gasteiger partial charge in [-0.2, -0.15) is 0 Å². The molecule has 0 bridgehead atoms. The van der Waals surface area contributed by atoms with E-state index in [0.717, 1.165) is 49.6 Å². The number of nitrogens with one attached hydrogen (secondary N) is 1. The molecule has 1 saturated heterocycles. The molecule has 0 aromatic heterocycles. The van der Waals surface area contributed by atoms with Gasteiger partial charge in [-0.15, -0.1) is 0 Å². The van der Waals surface area contributed by atoms with E-state index in [1.807, 2.05) is 24.3 Å². The Hall–Kier alpha value is -2.31. The Labute approximate surface area is 285 Å². The van der Waals surface area contributed by atoms with Crippen LogP contribution in [0.3, 0.4) is 0 Å². The van der Waals surface area contributed by atoms with Gasteiger partial charge in [-0.1, -0.05) is 128 Å². The lowest BCUT2D eigenvalue weighted by molar-refractivity contribution is -0.107. The third-order valence-electron chi connectivity index (χ3n) is 9.27. The summed E-state index contributed by atoms with van der Waals surface area (Å²) in [6, 6.07) is 16.4. The SMILES string of the molecule is CCCCCCCCCCCCCCCCCCCCOc1ccc(C2CCN(Sc3ccc(C(=O)NCC=O)cc3)CC2)cc1. The van der Waals surface area contributed by atoms with Crippen molar-refractivity contribution in [1.82, 2.24) is 9.62 Å². The number of ether oxygens (including phenoxy) is 1. The largest absolute Gasteiger partial charge is 0.494 e. The Morgan fingerprint density at radius 1 is 0.739 bits per heavy atom. The van der Waals surface area contributed by atoms with Crippen LogP contribution < -0.4 is 10.1 Å². The Morgan fingerprint density at radius 3 is 1.74 bits per heavy atom. The molecule has 1 heterocycles. The van der Waals surface area contributed by atoms with Gasteiger partial charge in [-0.3, -0.25) is 4.79 Å². The molecule has 0 unspecified atom stereocenters. The number of aldehydes is 1. The fourth-order valence-electron chi connectivity index (χ4n) is 6.36. The lowest BCUT2D eigenvalue weighted by Crippen LogP contribution is -2.27. The van der Waals surface area contributed by atoms with Gasteiger partial charge in [0.1, 0.15) is 12.0 Å². The van der Waals surface area contributed by atoms with E-state index in [4.69, 9.17) is 4.74 Å². The third kappa shape index (κ3) is 16.5. The maximum absolute atomic E-state index is 12.0. The monoisotopic (exact) mass is 650 g/mol. The first-order valence-corrected chi connectivity index (χ1v) is 19.4. The van der Waals surface area contributed by atoms with Crippen LogP contribution in [-0.4, -0.2) is 42.7 Å². The Kier molecular flexibility index (Phi) is 20.6. The molecule has 3 rings (SSSR count). The van der Waals surface area contributed by atoms with Crippen molar-refractivity contribution in [2.24, 2.45) is 0 Å². The third-order valence-corrected chi connectivity index (χ3v) is 10.4. The van der Waals surface area contributed by atoms with Crippen molar-refractivity contribution in [2.45, 2.75) is 146 Å². The van der Waals surface area contributed by atoms with Crippen LogP contribution in [0.4, 0.5) is 0 Å². The number of carbonyl (C=O) groups is 2. The number of amides is 1. The second-order valence-electron chi connectivity index (χ2n) is 13.1. The zero-order chi connectivity index (χ0) is 32.5. The van der Waals surface area contributed by atoms with Gasteiger partial charge in [-0.05, 0) is 79.1 Å². The highest BCUT2D eigenvalue weighted by Gasteiger charge is 2.21. The highest BCUT2D eigenvalue weighted by Crippen LogP contribution is 2.34. The summed E-state index contributed by atoms with van der Waals surface area (Å²) in [6.07, 6.45) is 28.1. The number of hydrogen-bond donors (Lipinski definition) is 1. The van der Waals surface area contributed by atoms with E-state index in [1.165, 1.54) is 115 Å². The number of piperidine rings is 1. The van der Waals surface area contributed by atoms with Crippen molar-refractivity contribution < 1.29 is 14.3 Å². The average Bonchev–Trinajstić information content (AvgIpc) is 3.09. The summed E-state index contributed by atoms with van der Waals surface area (Å²) in [7, 11) is 0. The molecule has 1 amide bonds. The Morgan fingerprint density at radius 2 is 1.24 bits per heavy atom. The predicted octanol–water partition coefficient (Wildman–Crippen LogP) is 10.9. The summed E-state index contributed by atoms with van der Waals surface area (Å²) in [4.78, 5) is 23.6.